The van der Waals surface area contributed by atoms with E-state index < -0.39 is 5.54 Å². The Kier molecular flexibility index (Phi) is 13.8. The molecule has 2 aromatic carbocycles. The van der Waals surface area contributed by atoms with E-state index in [1.54, 1.807) is 12.1 Å². The van der Waals surface area contributed by atoms with Crippen molar-refractivity contribution in [2.24, 2.45) is 0 Å². The molecule has 0 radical (unpaired) electrons. The lowest BCUT2D eigenvalue weighted by molar-refractivity contribution is -0.105. The number of hydrogen-bond acceptors (Lipinski definition) is 4. The highest BCUT2D eigenvalue weighted by Gasteiger charge is 2.47. The number of carbonyl (C=O) groups excluding carboxylic acids is 2. The van der Waals surface area contributed by atoms with Crippen LogP contribution in [0.15, 0.2) is 72.4 Å². The second kappa shape index (κ2) is 16.2. The zero-order valence-electron chi connectivity index (χ0n) is 22.3. The van der Waals surface area contributed by atoms with E-state index in [0.717, 1.165) is 35.1 Å². The summed E-state index contributed by atoms with van der Waals surface area (Å²) in [4.78, 5) is 24.0. The molecule has 0 bridgehead atoms. The molecule has 3 rings (SSSR count). The highest BCUT2D eigenvalue weighted by molar-refractivity contribution is 6.31. The molecule has 0 unspecified atom stereocenters. The first-order valence-corrected chi connectivity index (χ1v) is 12.6. The van der Waals surface area contributed by atoms with Crippen LogP contribution in [0.4, 0.5) is 0 Å². The minimum absolute atomic E-state index is 0.139. The van der Waals surface area contributed by atoms with Gasteiger partial charge in [-0.1, -0.05) is 87.0 Å². The van der Waals surface area contributed by atoms with Crippen molar-refractivity contribution in [2.75, 3.05) is 13.6 Å². The minimum Gasteiger partial charge on any atom is -0.379 e. The molecule has 196 valence electrons. The van der Waals surface area contributed by atoms with Crippen molar-refractivity contribution in [3.63, 3.8) is 0 Å². The molecule has 37 heavy (non-hydrogen) atoms. The molecule has 0 spiro atoms. The average Bonchev–Trinajstić information content (AvgIpc) is 3.68. The molecule has 1 aliphatic carbocycles. The van der Waals surface area contributed by atoms with Crippen molar-refractivity contribution in [3.05, 3.63) is 100 Å². The summed E-state index contributed by atoms with van der Waals surface area (Å²) < 4.78 is 0. The summed E-state index contributed by atoms with van der Waals surface area (Å²) in [5.41, 5.74) is 4.50. The summed E-state index contributed by atoms with van der Waals surface area (Å²) in [6, 6.07) is 13.5. The highest BCUT2D eigenvalue weighted by atomic mass is 35.5. The monoisotopic (exact) mass is 519 g/mol. The van der Waals surface area contributed by atoms with Crippen molar-refractivity contribution >= 4 is 29.9 Å². The lowest BCUT2D eigenvalue weighted by Crippen LogP contribution is -2.36. The molecule has 5 nitrogen and oxygen atoms in total. The molecular formula is C31H38ClN3O2. The van der Waals surface area contributed by atoms with Crippen molar-refractivity contribution in [1.29, 1.82) is 0 Å². The van der Waals surface area contributed by atoms with Crippen LogP contribution in [0.3, 0.4) is 0 Å². The van der Waals surface area contributed by atoms with Crippen LogP contribution in [0.2, 0.25) is 0 Å². The highest BCUT2D eigenvalue weighted by Crippen LogP contribution is 2.48. The first-order chi connectivity index (χ1) is 17.8. The fourth-order valence-corrected chi connectivity index (χ4v) is 3.68. The third-order valence-corrected chi connectivity index (χ3v) is 5.69. The van der Waals surface area contributed by atoms with Crippen LogP contribution >= 0.6 is 11.6 Å². The largest absolute Gasteiger partial charge is 0.379 e. The quantitative estimate of drug-likeness (QED) is 0.159. The number of nitrogens with one attached hydrogen (secondary N) is 3. The lowest BCUT2D eigenvalue weighted by Gasteiger charge is -2.22. The fraction of sp³-hybridized carbons (Fsp3) is 0.290. The Hall–Kier alpha value is -3.59. The first kappa shape index (κ1) is 31.4. The summed E-state index contributed by atoms with van der Waals surface area (Å²) >= 11 is 5.92. The minimum atomic E-state index is -0.399. The molecule has 0 saturated heterocycles. The van der Waals surface area contributed by atoms with Crippen molar-refractivity contribution in [2.45, 2.75) is 45.7 Å². The van der Waals surface area contributed by atoms with E-state index >= 15 is 0 Å². The Bertz CT molecular complexity index is 1160. The van der Waals surface area contributed by atoms with Gasteiger partial charge in [0.15, 0.2) is 6.29 Å². The standard InChI is InChI=1S/C25H25ClN2O2.C4H7N.C2H6/c1-17-7-6-10-23(21(17)12-11-18(2)26)25(13-14-25)28-24(30)22-9-5-4-8-20(22)15-27-19(3)16-29;1-3-4-5-2;1-2/h4-12,16,27H,2-3,13-15H2,1H3,(H,28,30);1,5H,4H2,2H3;1-2H3/b12-11-;;. The number of carbonyl (C=O) groups is 2. The van der Waals surface area contributed by atoms with Gasteiger partial charge >= 0.3 is 0 Å². The normalized spacial score (nSPS) is 12.5. The van der Waals surface area contributed by atoms with Crippen LogP contribution in [0, 0.1) is 19.3 Å². The number of benzene rings is 2. The van der Waals surface area contributed by atoms with Gasteiger partial charge in [0.05, 0.1) is 17.8 Å². The molecule has 0 heterocycles. The zero-order valence-corrected chi connectivity index (χ0v) is 23.0. The molecule has 1 aliphatic rings. The molecule has 1 saturated carbocycles. The predicted molar refractivity (Wildman–Crippen MR) is 156 cm³/mol. The van der Waals surface area contributed by atoms with Gasteiger partial charge in [-0.25, -0.2) is 0 Å². The molecular weight excluding hydrogens is 482 g/mol. The number of rotatable bonds is 10. The van der Waals surface area contributed by atoms with Crippen LogP contribution in [-0.2, 0) is 16.9 Å². The van der Waals surface area contributed by atoms with Crippen molar-refractivity contribution in [3.8, 4) is 12.3 Å². The second-order valence-electron chi connectivity index (χ2n) is 8.24. The Balaban J connectivity index is 0.000000874. The maximum absolute atomic E-state index is 13.2. The van der Waals surface area contributed by atoms with Crippen LogP contribution in [-0.4, -0.2) is 25.8 Å². The van der Waals surface area contributed by atoms with E-state index in [0.29, 0.717) is 30.0 Å². The number of allylic oxidation sites excluding steroid dienone is 3. The Morgan fingerprint density at radius 1 is 1.16 bits per heavy atom. The number of aldehydes is 1. The molecule has 0 aliphatic heterocycles. The van der Waals surface area contributed by atoms with Gasteiger partial charge < -0.3 is 16.0 Å². The van der Waals surface area contributed by atoms with Gasteiger partial charge in [0.2, 0.25) is 0 Å². The summed E-state index contributed by atoms with van der Waals surface area (Å²) in [7, 11) is 1.82. The van der Waals surface area contributed by atoms with E-state index in [1.165, 1.54) is 0 Å². The average molecular weight is 520 g/mol. The van der Waals surface area contributed by atoms with E-state index in [2.05, 4.69) is 41.1 Å². The van der Waals surface area contributed by atoms with E-state index in [-0.39, 0.29) is 11.6 Å². The molecule has 1 fully saturated rings. The zero-order chi connectivity index (χ0) is 27.8. The van der Waals surface area contributed by atoms with Crippen LogP contribution in [0.1, 0.15) is 59.3 Å². The van der Waals surface area contributed by atoms with E-state index in [9.17, 15) is 9.59 Å². The number of hydrogen-bond donors (Lipinski definition) is 3. The Morgan fingerprint density at radius 3 is 2.38 bits per heavy atom. The first-order valence-electron chi connectivity index (χ1n) is 12.3. The lowest BCUT2D eigenvalue weighted by atomic mass is 9.93. The van der Waals surface area contributed by atoms with Gasteiger partial charge in [-0.2, -0.15) is 0 Å². The number of aryl methyl sites for hydroxylation is 1. The third-order valence-electron chi connectivity index (χ3n) is 5.56. The van der Waals surface area contributed by atoms with Crippen molar-refractivity contribution < 1.29 is 9.59 Å². The van der Waals surface area contributed by atoms with Crippen LogP contribution in [0.5, 0.6) is 0 Å². The summed E-state index contributed by atoms with van der Waals surface area (Å²) in [6.45, 7) is 14.4. The fourth-order valence-electron chi connectivity index (χ4n) is 3.61. The maximum Gasteiger partial charge on any atom is 0.252 e. The van der Waals surface area contributed by atoms with Crippen LogP contribution < -0.4 is 16.0 Å². The predicted octanol–water partition coefficient (Wildman–Crippen LogP) is 5.85. The summed E-state index contributed by atoms with van der Waals surface area (Å²) in [6.07, 6.45) is 10.9. The van der Waals surface area contributed by atoms with Crippen LogP contribution in [0.25, 0.3) is 6.08 Å². The Morgan fingerprint density at radius 2 is 1.84 bits per heavy atom. The third kappa shape index (κ3) is 9.76. The maximum atomic E-state index is 13.2. The van der Waals surface area contributed by atoms with Gasteiger partial charge in [-0.05, 0) is 61.2 Å². The topological polar surface area (TPSA) is 70.2 Å². The Labute approximate surface area is 227 Å². The number of halogens is 1. The smallest absolute Gasteiger partial charge is 0.252 e. The molecule has 1 amide bonds. The molecule has 0 atom stereocenters. The summed E-state index contributed by atoms with van der Waals surface area (Å²) in [5, 5.41) is 9.41. The van der Waals surface area contributed by atoms with E-state index in [1.807, 2.05) is 64.2 Å². The van der Waals surface area contributed by atoms with Gasteiger partial charge in [0, 0.05) is 17.1 Å². The number of amides is 1. The molecule has 2 aromatic rings. The molecule has 3 N–H and O–H groups in total. The summed E-state index contributed by atoms with van der Waals surface area (Å²) in [5.74, 6) is 2.27. The van der Waals surface area contributed by atoms with E-state index in [4.69, 9.17) is 18.0 Å². The van der Waals surface area contributed by atoms with Gasteiger partial charge in [-0.15, -0.1) is 6.42 Å². The SMILES string of the molecule is C#CCNC.C=C(Cl)/C=C\c1c(C)cccc1C1(NC(=O)c2ccccc2CNC(=C)C=O)CC1.CC. The molecule has 0 aromatic heterocycles. The van der Waals surface area contributed by atoms with Gasteiger partial charge in [0.25, 0.3) is 5.91 Å². The van der Waals surface area contributed by atoms with Crippen molar-refractivity contribution in [1.82, 2.24) is 16.0 Å². The van der Waals surface area contributed by atoms with Gasteiger partial charge in [-0.3, -0.25) is 9.59 Å². The number of terminal acetylenes is 1. The molecule has 6 heteroatoms. The second-order valence-corrected chi connectivity index (χ2v) is 8.73. The van der Waals surface area contributed by atoms with Gasteiger partial charge in [0.1, 0.15) is 0 Å².